The lowest BCUT2D eigenvalue weighted by Crippen LogP contribution is -2.01. The molecule has 0 aliphatic rings. The maximum Gasteiger partial charge on any atom is 0.0497 e. The summed E-state index contributed by atoms with van der Waals surface area (Å²) in [7, 11) is 0. The minimum Gasteiger partial charge on any atom is -0.396 e. The van der Waals surface area contributed by atoms with Crippen molar-refractivity contribution >= 4 is 0 Å². The van der Waals surface area contributed by atoms with Crippen LogP contribution in [0.15, 0.2) is 12.1 Å². The average molecular weight is 178 g/mol. The van der Waals surface area contributed by atoms with Crippen molar-refractivity contribution in [2.24, 2.45) is 0 Å². The largest absolute Gasteiger partial charge is 0.396 e. The average Bonchev–Trinajstić information content (AvgIpc) is 2.12. The topological polar surface area (TPSA) is 20.2 Å². The monoisotopic (exact) mass is 178 g/mol. The van der Waals surface area contributed by atoms with Crippen LogP contribution in [0.3, 0.4) is 0 Å². The lowest BCUT2D eigenvalue weighted by Gasteiger charge is -2.13. The van der Waals surface area contributed by atoms with E-state index in [-0.39, 0.29) is 12.5 Å². The first-order valence-electron chi connectivity index (χ1n) is 4.75. The Morgan fingerprint density at radius 3 is 2.00 bits per heavy atom. The standard InChI is InChI=1S/C12H18O/c1-8-5-12(10(3)7-13)6-9(2)11(8)4/h5-6,10,13H,7H2,1-4H3. The first kappa shape index (κ1) is 10.3. The molecular formula is C12H18O. The van der Waals surface area contributed by atoms with Crippen molar-refractivity contribution in [2.75, 3.05) is 6.61 Å². The van der Waals surface area contributed by atoms with E-state index >= 15 is 0 Å². The van der Waals surface area contributed by atoms with Crippen molar-refractivity contribution in [1.29, 1.82) is 0 Å². The van der Waals surface area contributed by atoms with Gasteiger partial charge in [-0.2, -0.15) is 0 Å². The smallest absolute Gasteiger partial charge is 0.0497 e. The Morgan fingerprint density at radius 1 is 1.15 bits per heavy atom. The molecule has 1 aromatic carbocycles. The summed E-state index contributed by atoms with van der Waals surface area (Å²) in [5, 5.41) is 9.04. The maximum atomic E-state index is 9.04. The molecule has 0 saturated carbocycles. The van der Waals surface area contributed by atoms with Gasteiger partial charge >= 0.3 is 0 Å². The predicted octanol–water partition coefficient (Wildman–Crippen LogP) is 2.71. The molecule has 0 aromatic heterocycles. The fourth-order valence-electron chi connectivity index (χ4n) is 1.46. The molecule has 0 saturated heterocycles. The van der Waals surface area contributed by atoms with Crippen molar-refractivity contribution in [3.8, 4) is 0 Å². The highest BCUT2D eigenvalue weighted by Gasteiger charge is 2.06. The molecule has 1 N–H and O–H groups in total. The summed E-state index contributed by atoms with van der Waals surface area (Å²) >= 11 is 0. The van der Waals surface area contributed by atoms with E-state index in [4.69, 9.17) is 5.11 Å². The molecule has 0 bridgehead atoms. The lowest BCUT2D eigenvalue weighted by molar-refractivity contribution is 0.273. The van der Waals surface area contributed by atoms with Gasteiger partial charge in [-0.3, -0.25) is 0 Å². The number of hydrogen-bond acceptors (Lipinski definition) is 1. The Hall–Kier alpha value is -0.820. The zero-order valence-corrected chi connectivity index (χ0v) is 8.89. The second kappa shape index (κ2) is 3.93. The zero-order valence-electron chi connectivity index (χ0n) is 8.89. The molecule has 0 heterocycles. The van der Waals surface area contributed by atoms with Gasteiger partial charge in [-0.1, -0.05) is 19.1 Å². The summed E-state index contributed by atoms with van der Waals surface area (Å²) in [6.45, 7) is 8.65. The Morgan fingerprint density at radius 2 is 1.62 bits per heavy atom. The van der Waals surface area contributed by atoms with Gasteiger partial charge < -0.3 is 5.11 Å². The van der Waals surface area contributed by atoms with Gasteiger partial charge in [0.1, 0.15) is 0 Å². The van der Waals surface area contributed by atoms with Gasteiger partial charge in [0.05, 0.1) is 0 Å². The van der Waals surface area contributed by atoms with Gasteiger partial charge in [0, 0.05) is 12.5 Å². The van der Waals surface area contributed by atoms with Crippen LogP contribution in [0.1, 0.15) is 35.1 Å². The number of aliphatic hydroxyl groups excluding tert-OH is 1. The van der Waals surface area contributed by atoms with E-state index in [1.54, 1.807) is 0 Å². The Bertz CT molecular complexity index is 279. The Labute approximate surface area is 80.4 Å². The first-order chi connectivity index (χ1) is 6.06. The second-order valence-electron chi connectivity index (χ2n) is 3.86. The van der Waals surface area contributed by atoms with Crippen LogP contribution < -0.4 is 0 Å². The third-order valence-electron chi connectivity index (χ3n) is 2.79. The number of rotatable bonds is 2. The fraction of sp³-hybridized carbons (Fsp3) is 0.500. The van der Waals surface area contributed by atoms with E-state index in [2.05, 4.69) is 32.9 Å². The fourth-order valence-corrected chi connectivity index (χ4v) is 1.46. The van der Waals surface area contributed by atoms with E-state index < -0.39 is 0 Å². The van der Waals surface area contributed by atoms with E-state index in [1.165, 1.54) is 22.3 Å². The van der Waals surface area contributed by atoms with Crippen molar-refractivity contribution in [2.45, 2.75) is 33.6 Å². The first-order valence-corrected chi connectivity index (χ1v) is 4.75. The van der Waals surface area contributed by atoms with Crippen LogP contribution in [-0.2, 0) is 0 Å². The Balaban J connectivity index is 3.13. The summed E-state index contributed by atoms with van der Waals surface area (Å²) in [6, 6.07) is 4.34. The molecule has 1 heteroatoms. The summed E-state index contributed by atoms with van der Waals surface area (Å²) in [5.74, 6) is 0.248. The third kappa shape index (κ3) is 2.10. The van der Waals surface area contributed by atoms with Gasteiger partial charge in [-0.15, -0.1) is 0 Å². The normalized spacial score (nSPS) is 13.0. The minimum absolute atomic E-state index is 0.224. The summed E-state index contributed by atoms with van der Waals surface area (Å²) < 4.78 is 0. The van der Waals surface area contributed by atoms with Gasteiger partial charge in [0.2, 0.25) is 0 Å². The molecule has 0 aliphatic heterocycles. The molecule has 1 atom stereocenters. The van der Waals surface area contributed by atoms with E-state index in [0.29, 0.717) is 0 Å². The molecule has 72 valence electrons. The minimum atomic E-state index is 0.224. The highest BCUT2D eigenvalue weighted by Crippen LogP contribution is 2.21. The molecule has 0 aliphatic carbocycles. The van der Waals surface area contributed by atoms with Crippen molar-refractivity contribution in [3.05, 3.63) is 34.4 Å². The summed E-state index contributed by atoms with van der Waals surface area (Å²) in [6.07, 6.45) is 0. The number of benzene rings is 1. The maximum absolute atomic E-state index is 9.04. The molecule has 13 heavy (non-hydrogen) atoms. The number of aryl methyl sites for hydroxylation is 2. The Kier molecular flexibility index (Phi) is 3.10. The summed E-state index contributed by atoms with van der Waals surface area (Å²) in [5.41, 5.74) is 5.22. The molecular weight excluding hydrogens is 160 g/mol. The summed E-state index contributed by atoms with van der Waals surface area (Å²) in [4.78, 5) is 0. The van der Waals surface area contributed by atoms with Crippen LogP contribution in [0.25, 0.3) is 0 Å². The number of hydrogen-bond donors (Lipinski definition) is 1. The van der Waals surface area contributed by atoms with Gasteiger partial charge in [-0.25, -0.2) is 0 Å². The molecule has 1 aromatic rings. The van der Waals surface area contributed by atoms with Gasteiger partial charge in [-0.05, 0) is 43.0 Å². The van der Waals surface area contributed by atoms with E-state index in [0.717, 1.165) is 0 Å². The van der Waals surface area contributed by atoms with E-state index in [1.807, 2.05) is 6.92 Å². The SMILES string of the molecule is Cc1cc(C(C)CO)cc(C)c1C. The van der Waals surface area contributed by atoms with Crippen molar-refractivity contribution < 1.29 is 5.11 Å². The van der Waals surface area contributed by atoms with Gasteiger partial charge in [0.25, 0.3) is 0 Å². The lowest BCUT2D eigenvalue weighted by atomic mass is 9.94. The zero-order chi connectivity index (χ0) is 10.0. The molecule has 0 amide bonds. The molecule has 1 nitrogen and oxygen atoms in total. The molecule has 0 fully saturated rings. The van der Waals surface area contributed by atoms with Crippen LogP contribution in [0.4, 0.5) is 0 Å². The van der Waals surface area contributed by atoms with Crippen LogP contribution >= 0.6 is 0 Å². The van der Waals surface area contributed by atoms with E-state index in [9.17, 15) is 0 Å². The quantitative estimate of drug-likeness (QED) is 0.738. The molecule has 0 spiro atoms. The second-order valence-corrected chi connectivity index (χ2v) is 3.86. The third-order valence-corrected chi connectivity index (χ3v) is 2.79. The van der Waals surface area contributed by atoms with Crippen LogP contribution in [-0.4, -0.2) is 11.7 Å². The van der Waals surface area contributed by atoms with Crippen molar-refractivity contribution in [1.82, 2.24) is 0 Å². The van der Waals surface area contributed by atoms with Crippen LogP contribution in [0.2, 0.25) is 0 Å². The molecule has 1 unspecified atom stereocenters. The highest BCUT2D eigenvalue weighted by molar-refractivity contribution is 5.38. The van der Waals surface area contributed by atoms with Crippen molar-refractivity contribution in [3.63, 3.8) is 0 Å². The molecule has 0 radical (unpaired) electrons. The highest BCUT2D eigenvalue weighted by atomic mass is 16.3. The van der Waals surface area contributed by atoms with Crippen LogP contribution in [0, 0.1) is 20.8 Å². The predicted molar refractivity (Wildman–Crippen MR) is 56.2 cm³/mol. The number of aliphatic hydroxyl groups is 1. The van der Waals surface area contributed by atoms with Crippen LogP contribution in [0.5, 0.6) is 0 Å². The van der Waals surface area contributed by atoms with Gasteiger partial charge in [0.15, 0.2) is 0 Å². The molecule has 1 rings (SSSR count).